The van der Waals surface area contributed by atoms with Gasteiger partial charge in [-0.2, -0.15) is 0 Å². The molecule has 0 fully saturated rings. The molecule has 6 aromatic carbocycles. The van der Waals surface area contributed by atoms with Crippen molar-refractivity contribution in [2.75, 3.05) is 0 Å². The van der Waals surface area contributed by atoms with E-state index in [1.807, 2.05) is 72.0 Å². The van der Waals surface area contributed by atoms with Gasteiger partial charge in [0, 0.05) is 42.2 Å². The van der Waals surface area contributed by atoms with E-state index in [1.54, 1.807) is 0 Å². The van der Waals surface area contributed by atoms with Crippen LogP contribution in [0.5, 0.6) is 0 Å². The minimum Gasteiger partial charge on any atom is -0.208 e. The highest BCUT2D eigenvalue weighted by Crippen LogP contribution is 2.42. The fourth-order valence-corrected chi connectivity index (χ4v) is 6.83. The zero-order chi connectivity index (χ0) is 27.2. The van der Waals surface area contributed by atoms with E-state index in [-0.39, 0.29) is 0 Å². The first-order chi connectivity index (χ1) is 20.3. The lowest BCUT2D eigenvalue weighted by Crippen LogP contribution is -2.00. The van der Waals surface area contributed by atoms with Crippen molar-refractivity contribution in [3.63, 3.8) is 0 Å². The number of benzene rings is 6. The molecule has 8 aromatic rings. The molecule has 4 heteroatoms. The average Bonchev–Trinajstić information content (AvgIpc) is 3.44. The highest BCUT2D eigenvalue weighted by Gasteiger charge is 2.15. The molecule has 0 N–H and O–H groups in total. The number of nitrogens with zero attached hydrogens (tertiary/aromatic N) is 3. The van der Waals surface area contributed by atoms with Crippen molar-refractivity contribution in [1.29, 1.82) is 0 Å². The smallest absolute Gasteiger partial charge is 0.164 e. The highest BCUT2D eigenvalue weighted by atomic mass is 32.1. The first kappa shape index (κ1) is 23.7. The lowest BCUT2D eigenvalue weighted by molar-refractivity contribution is 1.07. The number of hydrogen-bond acceptors (Lipinski definition) is 4. The summed E-state index contributed by atoms with van der Waals surface area (Å²) in [5.74, 6) is 1.99. The molecular formula is C37H23N3S. The Bertz CT molecular complexity index is 2140. The van der Waals surface area contributed by atoms with Gasteiger partial charge >= 0.3 is 0 Å². The van der Waals surface area contributed by atoms with Crippen molar-refractivity contribution in [2.24, 2.45) is 0 Å². The molecule has 0 amide bonds. The van der Waals surface area contributed by atoms with Crippen LogP contribution in [0.2, 0.25) is 0 Å². The molecule has 0 spiro atoms. The largest absolute Gasteiger partial charge is 0.208 e. The number of aromatic nitrogens is 3. The summed E-state index contributed by atoms with van der Waals surface area (Å²) in [5, 5.41) is 5.14. The molecule has 8 rings (SSSR count). The first-order valence-electron chi connectivity index (χ1n) is 13.6. The molecule has 0 saturated carbocycles. The van der Waals surface area contributed by atoms with Crippen LogP contribution in [0.4, 0.5) is 0 Å². The van der Waals surface area contributed by atoms with Gasteiger partial charge in [0.1, 0.15) is 0 Å². The average molecular weight is 542 g/mol. The molecule has 0 saturated heterocycles. The number of thiophene rings is 1. The van der Waals surface area contributed by atoms with Crippen LogP contribution in [-0.4, -0.2) is 15.0 Å². The molecule has 2 aromatic heterocycles. The third kappa shape index (κ3) is 4.17. The summed E-state index contributed by atoms with van der Waals surface area (Å²) >= 11 is 1.87. The second kappa shape index (κ2) is 9.77. The third-order valence-corrected chi connectivity index (χ3v) is 8.72. The normalized spacial score (nSPS) is 11.4. The van der Waals surface area contributed by atoms with E-state index in [0.29, 0.717) is 17.5 Å². The molecule has 0 radical (unpaired) electrons. The molecule has 41 heavy (non-hydrogen) atoms. The second-order valence-electron chi connectivity index (χ2n) is 10.1. The Morgan fingerprint density at radius 1 is 0.415 bits per heavy atom. The Kier molecular flexibility index (Phi) is 5.64. The molecule has 0 aliphatic carbocycles. The minimum atomic E-state index is 0.659. The Morgan fingerprint density at radius 3 is 1.73 bits per heavy atom. The van der Waals surface area contributed by atoms with Crippen molar-refractivity contribution in [3.05, 3.63) is 140 Å². The van der Waals surface area contributed by atoms with Gasteiger partial charge in [0.15, 0.2) is 17.5 Å². The topological polar surface area (TPSA) is 38.7 Å². The molecule has 0 aliphatic heterocycles. The predicted octanol–water partition coefficient (Wildman–Crippen LogP) is 10.1. The van der Waals surface area contributed by atoms with Crippen molar-refractivity contribution in [2.45, 2.75) is 0 Å². The van der Waals surface area contributed by atoms with E-state index < -0.39 is 0 Å². The highest BCUT2D eigenvalue weighted by molar-refractivity contribution is 7.26. The van der Waals surface area contributed by atoms with E-state index in [4.69, 9.17) is 15.0 Å². The van der Waals surface area contributed by atoms with Crippen LogP contribution >= 0.6 is 11.3 Å². The predicted molar refractivity (Wildman–Crippen MR) is 172 cm³/mol. The maximum atomic E-state index is 4.96. The van der Waals surface area contributed by atoms with E-state index in [0.717, 1.165) is 22.3 Å². The molecule has 3 nitrogen and oxygen atoms in total. The van der Waals surface area contributed by atoms with Crippen LogP contribution in [0.15, 0.2) is 140 Å². The van der Waals surface area contributed by atoms with Crippen molar-refractivity contribution in [1.82, 2.24) is 15.0 Å². The summed E-state index contributed by atoms with van der Waals surface area (Å²) in [6, 6.07) is 48.5. The fourth-order valence-electron chi connectivity index (χ4n) is 5.56. The summed E-state index contributed by atoms with van der Waals surface area (Å²) in [7, 11) is 0. The van der Waals surface area contributed by atoms with Gasteiger partial charge < -0.3 is 0 Å². The van der Waals surface area contributed by atoms with Crippen LogP contribution in [0, 0.1) is 0 Å². The van der Waals surface area contributed by atoms with Crippen LogP contribution < -0.4 is 0 Å². The van der Waals surface area contributed by atoms with Crippen molar-refractivity contribution in [3.8, 4) is 45.3 Å². The monoisotopic (exact) mass is 541 g/mol. The van der Waals surface area contributed by atoms with Gasteiger partial charge in [-0.25, -0.2) is 15.0 Å². The van der Waals surface area contributed by atoms with Crippen LogP contribution in [-0.2, 0) is 0 Å². The second-order valence-corrected chi connectivity index (χ2v) is 11.1. The molecule has 0 bridgehead atoms. The van der Waals surface area contributed by atoms with Gasteiger partial charge in [-0.15, -0.1) is 11.3 Å². The lowest BCUT2D eigenvalue weighted by Gasteiger charge is -2.11. The van der Waals surface area contributed by atoms with Crippen LogP contribution in [0.3, 0.4) is 0 Å². The van der Waals surface area contributed by atoms with Gasteiger partial charge in [0.25, 0.3) is 0 Å². The standard InChI is InChI=1S/C37H23N3S/c1-3-11-25(12-4-1)35-38-36(26-13-5-2-6-14-26)40-37(39-35)28-17-9-16-27(23-28)29-19-10-15-24-21-22-31-30-18-7-8-20-32(30)41-34(31)33(24)29/h1-23H. The summed E-state index contributed by atoms with van der Waals surface area (Å²) in [6.45, 7) is 0. The Hall–Kier alpha value is -5.19. The molecule has 192 valence electrons. The van der Waals surface area contributed by atoms with E-state index in [1.165, 1.54) is 36.5 Å². The number of rotatable bonds is 4. The lowest BCUT2D eigenvalue weighted by atomic mass is 9.95. The minimum absolute atomic E-state index is 0.659. The fraction of sp³-hybridized carbons (Fsp3) is 0. The Morgan fingerprint density at radius 2 is 1.00 bits per heavy atom. The van der Waals surface area contributed by atoms with Crippen LogP contribution in [0.1, 0.15) is 0 Å². The van der Waals surface area contributed by atoms with Gasteiger partial charge in [-0.1, -0.05) is 127 Å². The SMILES string of the molecule is c1ccc(-c2nc(-c3ccccc3)nc(-c3cccc(-c4cccc5ccc6c7ccccc7sc6c45)c3)n2)cc1. The zero-order valence-corrected chi connectivity index (χ0v) is 22.8. The maximum Gasteiger partial charge on any atom is 0.164 e. The Labute approximate surface area is 241 Å². The van der Waals surface area contributed by atoms with E-state index in [2.05, 4.69) is 78.9 Å². The van der Waals surface area contributed by atoms with Gasteiger partial charge in [-0.3, -0.25) is 0 Å². The van der Waals surface area contributed by atoms with E-state index in [9.17, 15) is 0 Å². The third-order valence-electron chi connectivity index (χ3n) is 7.52. The molecule has 0 unspecified atom stereocenters. The molecule has 0 atom stereocenters. The molecular weight excluding hydrogens is 518 g/mol. The Balaban J connectivity index is 1.33. The summed E-state index contributed by atoms with van der Waals surface area (Å²) in [4.78, 5) is 14.8. The van der Waals surface area contributed by atoms with Crippen molar-refractivity contribution < 1.29 is 0 Å². The quantitative estimate of drug-likeness (QED) is 0.222. The van der Waals surface area contributed by atoms with Crippen LogP contribution in [0.25, 0.3) is 76.2 Å². The van der Waals surface area contributed by atoms with Gasteiger partial charge in [0.2, 0.25) is 0 Å². The first-order valence-corrected chi connectivity index (χ1v) is 14.4. The number of fused-ring (bicyclic) bond motifs is 5. The molecule has 2 heterocycles. The van der Waals surface area contributed by atoms with Gasteiger partial charge in [-0.05, 0) is 28.6 Å². The summed E-state index contributed by atoms with van der Waals surface area (Å²) in [5.41, 5.74) is 5.24. The molecule has 0 aliphatic rings. The van der Waals surface area contributed by atoms with Gasteiger partial charge in [0.05, 0.1) is 0 Å². The van der Waals surface area contributed by atoms with Crippen molar-refractivity contribution >= 4 is 42.3 Å². The number of hydrogen-bond donors (Lipinski definition) is 0. The summed E-state index contributed by atoms with van der Waals surface area (Å²) < 4.78 is 2.63. The van der Waals surface area contributed by atoms with E-state index >= 15 is 0 Å². The maximum absolute atomic E-state index is 4.96. The zero-order valence-electron chi connectivity index (χ0n) is 22.0. The summed E-state index contributed by atoms with van der Waals surface area (Å²) in [6.07, 6.45) is 0.